The van der Waals surface area contributed by atoms with Gasteiger partial charge < -0.3 is 14.2 Å². The summed E-state index contributed by atoms with van der Waals surface area (Å²) in [5.41, 5.74) is 2.22. The van der Waals surface area contributed by atoms with Gasteiger partial charge in [-0.15, -0.1) is 0 Å². The van der Waals surface area contributed by atoms with Gasteiger partial charge >= 0.3 is 5.97 Å². The molecule has 140 valence electrons. The molecule has 0 amide bonds. The third-order valence-corrected chi connectivity index (χ3v) is 4.88. The molecule has 0 aliphatic heterocycles. The van der Waals surface area contributed by atoms with Crippen LogP contribution in [0.2, 0.25) is 0 Å². The molecule has 1 aromatic heterocycles. The molecule has 1 N–H and O–H groups in total. The molecule has 26 heavy (non-hydrogen) atoms. The van der Waals surface area contributed by atoms with Crippen LogP contribution in [0.5, 0.6) is 11.5 Å². The van der Waals surface area contributed by atoms with Crippen LogP contribution >= 0.6 is 0 Å². The second kappa shape index (κ2) is 8.25. The van der Waals surface area contributed by atoms with Crippen LogP contribution in [0.4, 0.5) is 0 Å². The smallest absolute Gasteiger partial charge is 0.341 e. The largest absolute Gasteiger partial charge is 0.493 e. The molecule has 1 aliphatic rings. The molecule has 3 rings (SSSR count). The average Bonchev–Trinajstić information content (AvgIpc) is 3.33. The van der Waals surface area contributed by atoms with Crippen molar-refractivity contribution in [2.24, 2.45) is 0 Å². The van der Waals surface area contributed by atoms with Gasteiger partial charge in [-0.3, -0.25) is 5.10 Å². The zero-order chi connectivity index (χ0) is 18.5. The molecule has 1 aliphatic carbocycles. The number of rotatable bonds is 7. The van der Waals surface area contributed by atoms with Gasteiger partial charge in [0.25, 0.3) is 0 Å². The predicted molar refractivity (Wildman–Crippen MR) is 97.9 cm³/mol. The zero-order valence-corrected chi connectivity index (χ0v) is 15.6. The fourth-order valence-corrected chi connectivity index (χ4v) is 3.40. The molecule has 1 atom stereocenters. The van der Waals surface area contributed by atoms with Crippen LogP contribution in [0, 0.1) is 0 Å². The van der Waals surface area contributed by atoms with Crippen LogP contribution in [0.15, 0.2) is 24.4 Å². The van der Waals surface area contributed by atoms with Gasteiger partial charge in [0.2, 0.25) is 0 Å². The fraction of sp³-hybridized carbons (Fsp3) is 0.500. The van der Waals surface area contributed by atoms with Crippen LogP contribution in [-0.2, 0) is 4.74 Å². The standard InChI is InChI=1S/C20H26N2O4/c1-4-25-20(23)16-12-21-22-19(16)13(2)14-9-10-17(24-3)18(11-14)26-15-7-5-6-8-15/h9-13,15H,4-8H2,1-3H3,(H,21,22). The fourth-order valence-electron chi connectivity index (χ4n) is 3.40. The van der Waals surface area contributed by atoms with Gasteiger partial charge in [0.1, 0.15) is 5.56 Å². The van der Waals surface area contributed by atoms with Crippen molar-refractivity contribution in [2.45, 2.75) is 51.6 Å². The Morgan fingerprint density at radius 2 is 2.08 bits per heavy atom. The number of esters is 1. The number of nitrogens with zero attached hydrogens (tertiary/aromatic N) is 1. The Kier molecular flexibility index (Phi) is 5.81. The first-order valence-corrected chi connectivity index (χ1v) is 9.19. The number of ether oxygens (including phenoxy) is 3. The third kappa shape index (κ3) is 3.84. The molecule has 2 aromatic rings. The second-order valence-corrected chi connectivity index (χ2v) is 6.57. The highest BCUT2D eigenvalue weighted by Gasteiger charge is 2.23. The SMILES string of the molecule is CCOC(=O)c1cn[nH]c1C(C)c1ccc(OC)c(OC2CCCC2)c1. The number of H-pyrrole nitrogens is 1. The van der Waals surface area contributed by atoms with E-state index in [-0.39, 0.29) is 18.0 Å². The second-order valence-electron chi connectivity index (χ2n) is 6.57. The van der Waals surface area contributed by atoms with E-state index in [0.717, 1.165) is 35.6 Å². The van der Waals surface area contributed by atoms with E-state index < -0.39 is 0 Å². The van der Waals surface area contributed by atoms with E-state index in [4.69, 9.17) is 14.2 Å². The molecule has 1 fully saturated rings. The highest BCUT2D eigenvalue weighted by molar-refractivity contribution is 5.90. The summed E-state index contributed by atoms with van der Waals surface area (Å²) in [6, 6.07) is 5.90. The Hall–Kier alpha value is -2.50. The number of aromatic nitrogens is 2. The molecule has 1 saturated carbocycles. The maximum absolute atomic E-state index is 12.1. The number of carbonyl (C=O) groups is 1. The first-order chi connectivity index (χ1) is 12.6. The molecule has 6 nitrogen and oxygen atoms in total. The van der Waals surface area contributed by atoms with Gasteiger partial charge in [-0.2, -0.15) is 5.10 Å². The Balaban J connectivity index is 1.86. The van der Waals surface area contributed by atoms with Crippen molar-refractivity contribution in [2.75, 3.05) is 13.7 Å². The Labute approximate surface area is 153 Å². The summed E-state index contributed by atoms with van der Waals surface area (Å²) in [7, 11) is 1.65. The monoisotopic (exact) mass is 358 g/mol. The van der Waals surface area contributed by atoms with E-state index in [1.165, 1.54) is 19.0 Å². The van der Waals surface area contributed by atoms with Gasteiger partial charge in [0.05, 0.1) is 31.7 Å². The Morgan fingerprint density at radius 1 is 1.31 bits per heavy atom. The van der Waals surface area contributed by atoms with E-state index in [9.17, 15) is 4.79 Å². The van der Waals surface area contributed by atoms with Gasteiger partial charge in [0.15, 0.2) is 11.5 Å². The van der Waals surface area contributed by atoms with E-state index in [1.807, 2.05) is 25.1 Å². The molecular formula is C20H26N2O4. The van der Waals surface area contributed by atoms with Crippen molar-refractivity contribution in [3.05, 3.63) is 41.2 Å². The van der Waals surface area contributed by atoms with Crippen LogP contribution in [-0.4, -0.2) is 36.0 Å². The number of benzene rings is 1. The lowest BCUT2D eigenvalue weighted by atomic mass is 9.95. The number of nitrogens with one attached hydrogen (secondary N) is 1. The number of hydrogen-bond acceptors (Lipinski definition) is 5. The lowest BCUT2D eigenvalue weighted by molar-refractivity contribution is 0.0525. The summed E-state index contributed by atoms with van der Waals surface area (Å²) in [5.74, 6) is 1.05. The Bertz CT molecular complexity index is 750. The molecule has 6 heteroatoms. The zero-order valence-electron chi connectivity index (χ0n) is 15.6. The Morgan fingerprint density at radius 3 is 2.77 bits per heavy atom. The molecule has 0 bridgehead atoms. The number of aromatic amines is 1. The van der Waals surface area contributed by atoms with Crippen molar-refractivity contribution in [3.63, 3.8) is 0 Å². The first kappa shape index (κ1) is 18.3. The number of methoxy groups -OCH3 is 1. The van der Waals surface area contributed by atoms with Crippen molar-refractivity contribution in [1.29, 1.82) is 0 Å². The molecular weight excluding hydrogens is 332 g/mol. The van der Waals surface area contributed by atoms with E-state index in [2.05, 4.69) is 10.2 Å². The molecule has 1 aromatic carbocycles. The van der Waals surface area contributed by atoms with Crippen LogP contribution in [0.25, 0.3) is 0 Å². The molecule has 0 spiro atoms. The number of hydrogen-bond donors (Lipinski definition) is 1. The van der Waals surface area contributed by atoms with E-state index in [0.29, 0.717) is 12.2 Å². The minimum absolute atomic E-state index is 0.0614. The van der Waals surface area contributed by atoms with Crippen molar-refractivity contribution in [1.82, 2.24) is 10.2 Å². The van der Waals surface area contributed by atoms with E-state index in [1.54, 1.807) is 14.0 Å². The normalized spacial score (nSPS) is 15.7. The maximum Gasteiger partial charge on any atom is 0.341 e. The summed E-state index contributed by atoms with van der Waals surface area (Å²) in [6.45, 7) is 4.15. The van der Waals surface area contributed by atoms with Crippen molar-refractivity contribution >= 4 is 5.97 Å². The summed E-state index contributed by atoms with van der Waals surface area (Å²) >= 11 is 0. The van der Waals surface area contributed by atoms with Gasteiger partial charge in [-0.25, -0.2) is 4.79 Å². The molecule has 0 saturated heterocycles. The van der Waals surface area contributed by atoms with Crippen LogP contribution in [0.1, 0.15) is 67.1 Å². The summed E-state index contributed by atoms with van der Waals surface area (Å²) in [5, 5.41) is 6.97. The van der Waals surface area contributed by atoms with Crippen molar-refractivity contribution in [3.8, 4) is 11.5 Å². The highest BCUT2D eigenvalue weighted by atomic mass is 16.5. The predicted octanol–water partition coefficient (Wildman–Crippen LogP) is 4.07. The first-order valence-electron chi connectivity index (χ1n) is 9.19. The lowest BCUT2D eigenvalue weighted by Crippen LogP contribution is -2.12. The molecule has 0 radical (unpaired) electrons. The quantitative estimate of drug-likeness (QED) is 0.755. The summed E-state index contributed by atoms with van der Waals surface area (Å²) in [6.07, 6.45) is 6.34. The third-order valence-electron chi connectivity index (χ3n) is 4.88. The minimum atomic E-state index is -0.362. The van der Waals surface area contributed by atoms with Crippen molar-refractivity contribution < 1.29 is 19.0 Å². The van der Waals surface area contributed by atoms with Crippen LogP contribution in [0.3, 0.4) is 0 Å². The molecule has 1 unspecified atom stereocenters. The number of carbonyl (C=O) groups excluding carboxylic acids is 1. The molecule has 1 heterocycles. The maximum atomic E-state index is 12.1. The van der Waals surface area contributed by atoms with Gasteiger partial charge in [-0.05, 0) is 50.3 Å². The summed E-state index contributed by atoms with van der Waals surface area (Å²) < 4.78 is 16.8. The van der Waals surface area contributed by atoms with Gasteiger partial charge in [-0.1, -0.05) is 13.0 Å². The van der Waals surface area contributed by atoms with Crippen LogP contribution < -0.4 is 9.47 Å². The lowest BCUT2D eigenvalue weighted by Gasteiger charge is -2.19. The van der Waals surface area contributed by atoms with E-state index >= 15 is 0 Å². The van der Waals surface area contributed by atoms with Gasteiger partial charge in [0, 0.05) is 5.92 Å². The average molecular weight is 358 g/mol. The minimum Gasteiger partial charge on any atom is -0.493 e. The summed E-state index contributed by atoms with van der Waals surface area (Å²) in [4.78, 5) is 12.1. The topological polar surface area (TPSA) is 73.4 Å². The highest BCUT2D eigenvalue weighted by Crippen LogP contribution is 2.36.